The number of anilines is 1. The van der Waals surface area contributed by atoms with Crippen molar-refractivity contribution in [3.8, 4) is 0 Å². The molecular weight excluding hydrogens is 216 g/mol. The molecule has 2 rings (SSSR count). The van der Waals surface area contributed by atoms with Gasteiger partial charge in [-0.1, -0.05) is 18.2 Å². The maximum Gasteiger partial charge on any atom is 0.265 e. The fraction of sp³-hybridized carbons (Fsp3) is 0.364. The third-order valence-electron chi connectivity index (χ3n) is 2.45. The summed E-state index contributed by atoms with van der Waals surface area (Å²) >= 11 is 0. The molecule has 3 nitrogen and oxygen atoms in total. The summed E-state index contributed by atoms with van der Waals surface area (Å²) in [5.74, 6) is -0.278. The number of amides is 1. The van der Waals surface area contributed by atoms with Gasteiger partial charge in [0, 0.05) is 12.1 Å². The van der Waals surface area contributed by atoms with Gasteiger partial charge >= 0.3 is 0 Å². The Labute approximate surface area is 91.6 Å². The Balaban J connectivity index is 2.34. The van der Waals surface area contributed by atoms with Crippen molar-refractivity contribution in [3.05, 3.63) is 29.8 Å². The summed E-state index contributed by atoms with van der Waals surface area (Å²) in [6.07, 6.45) is -2.58. The Kier molecular flexibility index (Phi) is 3.14. The quantitative estimate of drug-likeness (QED) is 0.773. The molecule has 0 aromatic heterocycles. The predicted octanol–water partition coefficient (Wildman–Crippen LogP) is 1.99. The van der Waals surface area contributed by atoms with E-state index in [9.17, 15) is 13.6 Å². The van der Waals surface area contributed by atoms with Crippen molar-refractivity contribution in [1.29, 1.82) is 0 Å². The average Bonchev–Trinajstić information content (AvgIpc) is 2.29. The number of nitrogens with zero attached hydrogens (tertiary/aromatic N) is 1. The number of ether oxygens (including phenoxy) is 1. The zero-order valence-electron chi connectivity index (χ0n) is 8.53. The summed E-state index contributed by atoms with van der Waals surface area (Å²) in [7, 11) is 0. The van der Waals surface area contributed by atoms with Crippen LogP contribution in [0.5, 0.6) is 0 Å². The normalized spacial score (nSPS) is 16.9. The molecule has 5 heteroatoms. The topological polar surface area (TPSA) is 29.5 Å². The van der Waals surface area contributed by atoms with Gasteiger partial charge in [0.05, 0.1) is 12.3 Å². The number of benzene rings is 1. The highest BCUT2D eigenvalue weighted by Crippen LogP contribution is 2.30. The van der Waals surface area contributed by atoms with Crippen molar-refractivity contribution in [2.24, 2.45) is 0 Å². The second kappa shape index (κ2) is 4.57. The highest BCUT2D eigenvalue weighted by molar-refractivity contribution is 5.95. The summed E-state index contributed by atoms with van der Waals surface area (Å²) in [4.78, 5) is 12.9. The van der Waals surface area contributed by atoms with E-state index in [2.05, 4.69) is 0 Å². The summed E-state index contributed by atoms with van der Waals surface area (Å²) in [6.45, 7) is 0.656. The van der Waals surface area contributed by atoms with E-state index >= 15 is 0 Å². The molecule has 0 spiro atoms. The van der Waals surface area contributed by atoms with Gasteiger partial charge in [-0.3, -0.25) is 4.79 Å². The Morgan fingerprint density at radius 1 is 1.31 bits per heavy atom. The fourth-order valence-corrected chi connectivity index (χ4v) is 1.69. The van der Waals surface area contributed by atoms with Crippen LogP contribution in [0.25, 0.3) is 0 Å². The number of para-hydroxylation sites is 1. The number of alkyl halides is 2. The third-order valence-corrected chi connectivity index (χ3v) is 2.45. The van der Waals surface area contributed by atoms with E-state index in [1.165, 1.54) is 23.1 Å². The van der Waals surface area contributed by atoms with E-state index in [1.807, 2.05) is 0 Å². The minimum atomic E-state index is -2.58. The first kappa shape index (κ1) is 11.0. The SMILES string of the molecule is O=C1COCCN1c1ccccc1C(F)F. The number of carbonyl (C=O) groups excluding carboxylic acids is 1. The minimum absolute atomic E-state index is 0.0441. The molecule has 86 valence electrons. The molecule has 1 heterocycles. The minimum Gasteiger partial charge on any atom is -0.370 e. The van der Waals surface area contributed by atoms with Crippen LogP contribution in [-0.2, 0) is 9.53 Å². The smallest absolute Gasteiger partial charge is 0.265 e. The summed E-state index contributed by atoms with van der Waals surface area (Å²) < 4.78 is 30.4. The maximum atomic E-state index is 12.7. The number of morpholine rings is 1. The van der Waals surface area contributed by atoms with Crippen LogP contribution in [0.2, 0.25) is 0 Å². The van der Waals surface area contributed by atoms with Gasteiger partial charge in [-0.05, 0) is 6.07 Å². The van der Waals surface area contributed by atoms with Gasteiger partial charge in [-0.15, -0.1) is 0 Å². The zero-order valence-corrected chi connectivity index (χ0v) is 8.53. The summed E-state index contributed by atoms with van der Waals surface area (Å²) in [5, 5.41) is 0. The van der Waals surface area contributed by atoms with Crippen LogP contribution >= 0.6 is 0 Å². The Hall–Kier alpha value is -1.49. The Bertz CT molecular complexity index is 395. The number of halogens is 2. The van der Waals surface area contributed by atoms with Crippen LogP contribution in [0, 0.1) is 0 Å². The fourth-order valence-electron chi connectivity index (χ4n) is 1.69. The third kappa shape index (κ3) is 2.04. The van der Waals surface area contributed by atoms with Crippen LogP contribution in [-0.4, -0.2) is 25.7 Å². The van der Waals surface area contributed by atoms with Gasteiger partial charge in [0.25, 0.3) is 12.3 Å². The van der Waals surface area contributed by atoms with E-state index in [0.29, 0.717) is 13.2 Å². The Morgan fingerprint density at radius 2 is 2.06 bits per heavy atom. The van der Waals surface area contributed by atoms with Crippen molar-refractivity contribution >= 4 is 11.6 Å². The second-order valence-corrected chi connectivity index (χ2v) is 3.46. The first-order valence-corrected chi connectivity index (χ1v) is 4.95. The molecule has 1 saturated heterocycles. The predicted molar refractivity (Wildman–Crippen MR) is 54.6 cm³/mol. The highest BCUT2D eigenvalue weighted by atomic mass is 19.3. The van der Waals surface area contributed by atoms with Crippen molar-refractivity contribution < 1.29 is 18.3 Å². The van der Waals surface area contributed by atoms with Crippen molar-refractivity contribution in [3.63, 3.8) is 0 Å². The van der Waals surface area contributed by atoms with Crippen LogP contribution in [0.3, 0.4) is 0 Å². The standard InChI is InChI=1S/C11H11F2NO2/c12-11(13)8-3-1-2-4-9(8)14-5-6-16-7-10(14)15/h1-4,11H,5-7H2. The van der Waals surface area contributed by atoms with Gasteiger partial charge in [-0.2, -0.15) is 0 Å². The highest BCUT2D eigenvalue weighted by Gasteiger charge is 2.24. The lowest BCUT2D eigenvalue weighted by atomic mass is 10.1. The van der Waals surface area contributed by atoms with Gasteiger partial charge in [0.1, 0.15) is 6.61 Å². The van der Waals surface area contributed by atoms with Gasteiger partial charge in [0.2, 0.25) is 0 Å². The molecule has 1 aromatic carbocycles. The average molecular weight is 227 g/mol. The number of hydrogen-bond donors (Lipinski definition) is 0. The van der Waals surface area contributed by atoms with Crippen molar-refractivity contribution in [2.45, 2.75) is 6.43 Å². The molecule has 1 fully saturated rings. The molecule has 1 aliphatic heterocycles. The van der Waals surface area contributed by atoms with Gasteiger partial charge in [-0.25, -0.2) is 8.78 Å². The molecule has 0 atom stereocenters. The van der Waals surface area contributed by atoms with Gasteiger partial charge in [0.15, 0.2) is 0 Å². The summed E-state index contributed by atoms with van der Waals surface area (Å²) in [6, 6.07) is 6.05. The largest absolute Gasteiger partial charge is 0.370 e. The number of hydrogen-bond acceptors (Lipinski definition) is 2. The maximum absolute atomic E-state index is 12.7. The van der Waals surface area contributed by atoms with E-state index in [4.69, 9.17) is 4.74 Å². The lowest BCUT2D eigenvalue weighted by Crippen LogP contribution is -2.42. The van der Waals surface area contributed by atoms with E-state index < -0.39 is 6.43 Å². The number of rotatable bonds is 2. The lowest BCUT2D eigenvalue weighted by molar-refractivity contribution is -0.125. The van der Waals surface area contributed by atoms with Crippen LogP contribution in [0.4, 0.5) is 14.5 Å². The molecule has 16 heavy (non-hydrogen) atoms. The summed E-state index contributed by atoms with van der Waals surface area (Å²) in [5.41, 5.74) is 0.170. The molecule has 1 amide bonds. The monoisotopic (exact) mass is 227 g/mol. The molecule has 0 N–H and O–H groups in total. The van der Waals surface area contributed by atoms with Crippen LogP contribution in [0.1, 0.15) is 12.0 Å². The molecule has 1 aliphatic rings. The zero-order chi connectivity index (χ0) is 11.5. The molecule has 1 aromatic rings. The second-order valence-electron chi connectivity index (χ2n) is 3.46. The molecule has 0 saturated carbocycles. The number of carbonyl (C=O) groups is 1. The molecule has 0 radical (unpaired) electrons. The van der Waals surface area contributed by atoms with Crippen molar-refractivity contribution in [1.82, 2.24) is 0 Å². The van der Waals surface area contributed by atoms with E-state index in [0.717, 1.165) is 0 Å². The molecule has 0 bridgehead atoms. The van der Waals surface area contributed by atoms with Crippen molar-refractivity contribution in [2.75, 3.05) is 24.7 Å². The molecular formula is C11H11F2NO2. The van der Waals surface area contributed by atoms with Gasteiger partial charge < -0.3 is 9.64 Å². The van der Waals surface area contributed by atoms with E-state index in [-0.39, 0.29) is 23.8 Å². The van der Waals surface area contributed by atoms with Crippen LogP contribution in [0.15, 0.2) is 24.3 Å². The first-order valence-electron chi connectivity index (χ1n) is 4.95. The Morgan fingerprint density at radius 3 is 2.75 bits per heavy atom. The van der Waals surface area contributed by atoms with E-state index in [1.54, 1.807) is 6.07 Å². The first-order chi connectivity index (χ1) is 7.70. The van der Waals surface area contributed by atoms with Crippen LogP contribution < -0.4 is 4.90 Å². The lowest BCUT2D eigenvalue weighted by Gasteiger charge is -2.28. The molecule has 0 unspecified atom stereocenters. The molecule has 0 aliphatic carbocycles.